The number of aryl methyl sites for hydroxylation is 2. The van der Waals surface area contributed by atoms with Gasteiger partial charge in [0.15, 0.2) is 0 Å². The Hall–Kier alpha value is -2.57. The van der Waals surface area contributed by atoms with Gasteiger partial charge in [0.25, 0.3) is 5.91 Å². The lowest BCUT2D eigenvalue weighted by atomic mass is 10.1. The van der Waals surface area contributed by atoms with Gasteiger partial charge in [-0.2, -0.15) is 0 Å². The Bertz CT molecular complexity index is 837. The predicted octanol–water partition coefficient (Wildman–Crippen LogP) is 2.47. The zero-order valence-electron chi connectivity index (χ0n) is 13.5. The van der Waals surface area contributed by atoms with Crippen molar-refractivity contribution in [2.75, 3.05) is 6.54 Å². The standard InChI is InChI=1S/C17H18FN3O3/c1-9-10(2)20-16-13(6-11(18)7-14(16)19-9)17(24)21-5-3-4-12(21)8-15(22)23/h6-7,12H,3-5,8H2,1-2H3,(H,22,23). The zero-order valence-corrected chi connectivity index (χ0v) is 13.5. The number of carbonyl (C=O) groups is 2. The summed E-state index contributed by atoms with van der Waals surface area (Å²) in [4.78, 5) is 34.1. The minimum atomic E-state index is -0.949. The lowest BCUT2D eigenvalue weighted by Gasteiger charge is -2.24. The number of nitrogens with zero attached hydrogens (tertiary/aromatic N) is 3. The third kappa shape index (κ3) is 2.93. The summed E-state index contributed by atoms with van der Waals surface area (Å²) in [5, 5.41) is 9.01. The summed E-state index contributed by atoms with van der Waals surface area (Å²) in [5.41, 5.74) is 2.17. The van der Waals surface area contributed by atoms with Crippen LogP contribution in [0.3, 0.4) is 0 Å². The lowest BCUT2D eigenvalue weighted by molar-refractivity contribution is -0.137. The van der Waals surface area contributed by atoms with Crippen molar-refractivity contribution in [3.05, 3.63) is 34.9 Å². The third-order valence-corrected chi connectivity index (χ3v) is 4.42. The fourth-order valence-electron chi connectivity index (χ4n) is 3.13. The average Bonchev–Trinajstić information content (AvgIpc) is 2.95. The molecule has 1 aromatic carbocycles. The van der Waals surface area contributed by atoms with Crippen LogP contribution in [0.2, 0.25) is 0 Å². The molecule has 6 nitrogen and oxygen atoms in total. The molecule has 1 aliphatic rings. The van der Waals surface area contributed by atoms with E-state index in [2.05, 4.69) is 9.97 Å². The Morgan fingerprint density at radius 1 is 1.29 bits per heavy atom. The molecular formula is C17H18FN3O3. The van der Waals surface area contributed by atoms with Gasteiger partial charge in [-0.1, -0.05) is 0 Å². The Balaban J connectivity index is 2.06. The second-order valence-corrected chi connectivity index (χ2v) is 6.11. The number of carbonyl (C=O) groups excluding carboxylic acids is 1. The lowest BCUT2D eigenvalue weighted by Crippen LogP contribution is -2.37. The van der Waals surface area contributed by atoms with E-state index in [9.17, 15) is 14.0 Å². The quantitative estimate of drug-likeness (QED) is 0.934. The highest BCUT2D eigenvalue weighted by Gasteiger charge is 2.32. The molecular weight excluding hydrogens is 313 g/mol. The molecule has 7 heteroatoms. The van der Waals surface area contributed by atoms with Gasteiger partial charge in [-0.25, -0.2) is 14.4 Å². The summed E-state index contributed by atoms with van der Waals surface area (Å²) in [6, 6.07) is 2.04. The van der Waals surface area contributed by atoms with Crippen LogP contribution in [0, 0.1) is 19.7 Å². The second-order valence-electron chi connectivity index (χ2n) is 6.11. The van der Waals surface area contributed by atoms with E-state index in [1.807, 2.05) is 0 Å². The van der Waals surface area contributed by atoms with Crippen molar-refractivity contribution in [1.29, 1.82) is 0 Å². The molecule has 1 aromatic heterocycles. The largest absolute Gasteiger partial charge is 0.481 e. The Morgan fingerprint density at radius 3 is 2.71 bits per heavy atom. The Kier molecular flexibility index (Phi) is 4.17. The Labute approximate surface area is 138 Å². The van der Waals surface area contributed by atoms with Crippen molar-refractivity contribution >= 4 is 22.9 Å². The first kappa shape index (κ1) is 16.3. The minimum absolute atomic E-state index is 0.108. The average molecular weight is 331 g/mol. The zero-order chi connectivity index (χ0) is 17.4. The van der Waals surface area contributed by atoms with Crippen LogP contribution in [-0.4, -0.2) is 44.4 Å². The molecule has 1 atom stereocenters. The Morgan fingerprint density at radius 2 is 2.00 bits per heavy atom. The number of carboxylic acid groups (broad SMARTS) is 1. The number of likely N-dealkylation sites (tertiary alicyclic amines) is 1. The van der Waals surface area contributed by atoms with Crippen LogP contribution in [0.5, 0.6) is 0 Å². The molecule has 126 valence electrons. The molecule has 1 amide bonds. The molecule has 3 rings (SSSR count). The van der Waals surface area contributed by atoms with Crippen LogP contribution in [0.4, 0.5) is 4.39 Å². The number of aromatic nitrogens is 2. The van der Waals surface area contributed by atoms with E-state index in [0.717, 1.165) is 12.5 Å². The molecule has 1 saturated heterocycles. The van der Waals surface area contributed by atoms with Gasteiger partial charge in [-0.3, -0.25) is 9.59 Å². The molecule has 24 heavy (non-hydrogen) atoms. The molecule has 1 aliphatic heterocycles. The van der Waals surface area contributed by atoms with Gasteiger partial charge in [0, 0.05) is 18.7 Å². The van der Waals surface area contributed by atoms with Crippen LogP contribution in [0.1, 0.15) is 41.0 Å². The maximum atomic E-state index is 14.0. The van der Waals surface area contributed by atoms with Gasteiger partial charge in [0.1, 0.15) is 11.3 Å². The molecule has 2 heterocycles. The van der Waals surface area contributed by atoms with E-state index in [1.165, 1.54) is 11.0 Å². The number of hydrogen-bond acceptors (Lipinski definition) is 4. The smallest absolute Gasteiger partial charge is 0.305 e. The molecule has 0 saturated carbocycles. The van der Waals surface area contributed by atoms with Crippen LogP contribution in [0.25, 0.3) is 11.0 Å². The number of aliphatic carboxylic acids is 1. The summed E-state index contributed by atoms with van der Waals surface area (Å²) in [6.07, 6.45) is 1.26. The van der Waals surface area contributed by atoms with E-state index in [-0.39, 0.29) is 23.9 Å². The highest BCUT2D eigenvalue weighted by Crippen LogP contribution is 2.26. The van der Waals surface area contributed by atoms with E-state index in [1.54, 1.807) is 13.8 Å². The van der Waals surface area contributed by atoms with Crippen molar-refractivity contribution in [3.63, 3.8) is 0 Å². The first-order valence-corrected chi connectivity index (χ1v) is 7.84. The molecule has 0 bridgehead atoms. The summed E-state index contributed by atoms with van der Waals surface area (Å²) >= 11 is 0. The number of hydrogen-bond donors (Lipinski definition) is 1. The monoisotopic (exact) mass is 331 g/mol. The molecule has 0 aliphatic carbocycles. The summed E-state index contributed by atoms with van der Waals surface area (Å²) in [5.74, 6) is -1.90. The van der Waals surface area contributed by atoms with E-state index in [4.69, 9.17) is 5.11 Å². The summed E-state index contributed by atoms with van der Waals surface area (Å²) in [7, 11) is 0. The highest BCUT2D eigenvalue weighted by atomic mass is 19.1. The normalized spacial score (nSPS) is 17.5. The van der Waals surface area contributed by atoms with Crippen LogP contribution in [-0.2, 0) is 4.79 Å². The van der Waals surface area contributed by atoms with E-state index >= 15 is 0 Å². The van der Waals surface area contributed by atoms with Gasteiger partial charge < -0.3 is 10.0 Å². The first-order valence-electron chi connectivity index (χ1n) is 7.84. The summed E-state index contributed by atoms with van der Waals surface area (Å²) < 4.78 is 14.0. The maximum absolute atomic E-state index is 14.0. The number of amides is 1. The van der Waals surface area contributed by atoms with Crippen molar-refractivity contribution in [3.8, 4) is 0 Å². The van der Waals surface area contributed by atoms with Crippen molar-refractivity contribution < 1.29 is 19.1 Å². The second kappa shape index (κ2) is 6.14. The van der Waals surface area contributed by atoms with Gasteiger partial charge in [0.2, 0.25) is 0 Å². The van der Waals surface area contributed by atoms with Crippen LogP contribution in [0.15, 0.2) is 12.1 Å². The number of halogens is 1. The van der Waals surface area contributed by atoms with E-state index < -0.39 is 11.8 Å². The SMILES string of the molecule is Cc1nc2cc(F)cc(C(=O)N3CCCC3CC(=O)O)c2nc1C. The van der Waals surface area contributed by atoms with Gasteiger partial charge in [-0.15, -0.1) is 0 Å². The van der Waals surface area contributed by atoms with Gasteiger partial charge in [-0.05, 0) is 32.8 Å². The summed E-state index contributed by atoms with van der Waals surface area (Å²) in [6.45, 7) is 4.02. The van der Waals surface area contributed by atoms with E-state index in [0.29, 0.717) is 35.4 Å². The third-order valence-electron chi connectivity index (χ3n) is 4.42. The molecule has 0 spiro atoms. The number of benzene rings is 1. The minimum Gasteiger partial charge on any atom is -0.481 e. The molecule has 0 radical (unpaired) electrons. The van der Waals surface area contributed by atoms with Crippen LogP contribution >= 0.6 is 0 Å². The molecule has 1 N–H and O–H groups in total. The fourth-order valence-corrected chi connectivity index (χ4v) is 3.13. The predicted molar refractivity (Wildman–Crippen MR) is 85.3 cm³/mol. The van der Waals surface area contributed by atoms with Crippen molar-refractivity contribution in [1.82, 2.24) is 14.9 Å². The van der Waals surface area contributed by atoms with Gasteiger partial charge >= 0.3 is 5.97 Å². The molecule has 1 fully saturated rings. The molecule has 2 aromatic rings. The first-order chi connectivity index (χ1) is 11.4. The van der Waals surface area contributed by atoms with Crippen LogP contribution < -0.4 is 0 Å². The number of carboxylic acids is 1. The number of fused-ring (bicyclic) bond motifs is 1. The van der Waals surface area contributed by atoms with Crippen molar-refractivity contribution in [2.45, 2.75) is 39.2 Å². The topological polar surface area (TPSA) is 83.4 Å². The molecule has 1 unspecified atom stereocenters. The van der Waals surface area contributed by atoms with Gasteiger partial charge in [0.05, 0.1) is 28.9 Å². The van der Waals surface area contributed by atoms with Crippen molar-refractivity contribution in [2.24, 2.45) is 0 Å². The number of rotatable bonds is 3. The maximum Gasteiger partial charge on any atom is 0.305 e. The highest BCUT2D eigenvalue weighted by molar-refractivity contribution is 6.05. The fraction of sp³-hybridized carbons (Fsp3) is 0.412.